The maximum Gasteiger partial charge on any atom is 0.463 e. The molecule has 0 bridgehead atoms. The van der Waals surface area contributed by atoms with Gasteiger partial charge in [0.1, 0.15) is 6.26 Å². The van der Waals surface area contributed by atoms with E-state index in [4.69, 9.17) is 16.0 Å². The van der Waals surface area contributed by atoms with Crippen molar-refractivity contribution in [2.24, 2.45) is 0 Å². The number of nitrogens with zero attached hydrogens (tertiary/aromatic N) is 1. The molecular formula is C13H11ClNO2S+. The zero-order valence-corrected chi connectivity index (χ0v) is 11.1. The largest absolute Gasteiger partial charge is 0.463 e. The predicted molar refractivity (Wildman–Crippen MR) is 73.2 cm³/mol. The molecule has 1 aromatic carbocycles. The monoisotopic (exact) mass is 280 g/mol. The Morgan fingerprint density at radius 2 is 2.06 bits per heavy atom. The lowest BCUT2D eigenvalue weighted by atomic mass is 10.1. The topological polar surface area (TPSA) is 43.1 Å². The molecule has 1 heterocycles. The first kappa shape index (κ1) is 12.9. The molecule has 0 radical (unpaired) electrons. The lowest BCUT2D eigenvalue weighted by Crippen LogP contribution is -1.81. The van der Waals surface area contributed by atoms with Crippen molar-refractivity contribution in [3.8, 4) is 0 Å². The summed E-state index contributed by atoms with van der Waals surface area (Å²) in [5.74, 6) is 1.37. The fraction of sp³-hybridized carbons (Fsp3) is 0.154. The highest BCUT2D eigenvalue weighted by Crippen LogP contribution is 2.11. The third-order valence-electron chi connectivity index (χ3n) is 2.33. The van der Waals surface area contributed by atoms with Crippen LogP contribution in [0.4, 0.5) is 0 Å². The van der Waals surface area contributed by atoms with Crippen molar-refractivity contribution in [2.75, 3.05) is 0 Å². The molecule has 18 heavy (non-hydrogen) atoms. The van der Waals surface area contributed by atoms with Crippen molar-refractivity contribution in [2.45, 2.75) is 11.6 Å². The molecule has 0 fully saturated rings. The summed E-state index contributed by atoms with van der Waals surface area (Å²) in [5.41, 5.74) is 2.77. The van der Waals surface area contributed by atoms with Crippen LogP contribution >= 0.6 is 11.6 Å². The number of alkyl halides is 1. The number of hydrogen-bond donors (Lipinski definition) is 0. The maximum absolute atomic E-state index is 10.4. The summed E-state index contributed by atoms with van der Waals surface area (Å²) in [7, 11) is 0. The van der Waals surface area contributed by atoms with E-state index in [9.17, 15) is 4.21 Å². The highest BCUT2D eigenvalue weighted by Gasteiger charge is 2.01. The van der Waals surface area contributed by atoms with Crippen molar-refractivity contribution in [3.63, 3.8) is 0 Å². The second kappa shape index (κ2) is 6.42. The van der Waals surface area contributed by atoms with E-state index >= 15 is 0 Å². The number of benzene rings is 1. The Kier molecular flexibility index (Phi) is 4.61. The quantitative estimate of drug-likeness (QED) is 0.622. The minimum atomic E-state index is 0.346. The zero-order chi connectivity index (χ0) is 12.8. The van der Waals surface area contributed by atoms with Crippen LogP contribution in [0, 0.1) is 0 Å². The summed E-state index contributed by atoms with van der Waals surface area (Å²) in [4.78, 5) is 4.16. The van der Waals surface area contributed by atoms with Crippen molar-refractivity contribution in [1.29, 1.82) is 0 Å². The second-order valence-corrected chi connectivity index (χ2v) is 4.44. The van der Waals surface area contributed by atoms with Crippen LogP contribution in [0.5, 0.6) is 0 Å². The molecule has 0 atom stereocenters. The molecule has 0 saturated carbocycles. The van der Waals surface area contributed by atoms with Gasteiger partial charge in [-0.3, -0.25) is 0 Å². The van der Waals surface area contributed by atoms with Gasteiger partial charge in [-0.15, -0.1) is 11.6 Å². The Balaban J connectivity index is 2.06. The summed E-state index contributed by atoms with van der Waals surface area (Å²) in [6, 6.07) is 7.77. The van der Waals surface area contributed by atoms with Crippen molar-refractivity contribution in [3.05, 3.63) is 53.2 Å². The molecular weight excluding hydrogens is 270 g/mol. The van der Waals surface area contributed by atoms with Gasteiger partial charge >= 0.3 is 11.7 Å². The molecule has 0 aliphatic rings. The molecule has 2 rings (SSSR count). The number of oxazole rings is 1. The molecule has 1 aromatic heterocycles. The van der Waals surface area contributed by atoms with Gasteiger partial charge in [0.15, 0.2) is 0 Å². The highest BCUT2D eigenvalue weighted by molar-refractivity contribution is 7.64. The number of halogens is 1. The van der Waals surface area contributed by atoms with Gasteiger partial charge in [-0.2, -0.15) is 0 Å². The van der Waals surface area contributed by atoms with Crippen LogP contribution in [0.2, 0.25) is 0 Å². The van der Waals surface area contributed by atoms with E-state index in [1.165, 1.54) is 0 Å². The third kappa shape index (κ3) is 3.48. The van der Waals surface area contributed by atoms with E-state index in [1.807, 2.05) is 30.3 Å². The average molecular weight is 281 g/mol. The first-order chi connectivity index (χ1) is 8.81. The Bertz CT molecular complexity index is 548. The first-order valence-electron chi connectivity index (χ1n) is 5.34. The Morgan fingerprint density at radius 1 is 1.28 bits per heavy atom. The van der Waals surface area contributed by atoms with Crippen molar-refractivity contribution >= 4 is 35.4 Å². The molecule has 0 N–H and O–H groups in total. The van der Waals surface area contributed by atoms with E-state index in [-0.39, 0.29) is 0 Å². The van der Waals surface area contributed by atoms with Gasteiger partial charge in [-0.05, 0) is 11.6 Å². The molecule has 0 spiro atoms. The SMILES string of the molecule is O=[S+]Cc1ccc(C=Cc2nc(CCl)co2)cc1. The fourth-order valence-corrected chi connectivity index (χ4v) is 1.87. The van der Waals surface area contributed by atoms with Crippen molar-refractivity contribution in [1.82, 2.24) is 4.98 Å². The minimum Gasteiger partial charge on any atom is -0.445 e. The van der Waals surface area contributed by atoms with Crippen LogP contribution in [0.25, 0.3) is 12.2 Å². The second-order valence-electron chi connectivity index (χ2n) is 3.65. The van der Waals surface area contributed by atoms with Crippen LogP contribution in [-0.2, 0) is 27.5 Å². The lowest BCUT2D eigenvalue weighted by molar-refractivity contribution is 0.546. The van der Waals surface area contributed by atoms with Gasteiger partial charge in [0.2, 0.25) is 5.89 Å². The van der Waals surface area contributed by atoms with Crippen LogP contribution in [0.1, 0.15) is 22.7 Å². The molecule has 0 saturated heterocycles. The maximum atomic E-state index is 10.4. The standard InChI is InChI=1S/C13H11ClNO2S/c14-7-12-8-17-13(15-12)6-5-10-1-3-11(4-2-10)9-18-16/h1-6,8H,7,9H2/q+1. The van der Waals surface area contributed by atoms with Gasteiger partial charge < -0.3 is 4.42 Å². The van der Waals surface area contributed by atoms with E-state index in [0.717, 1.165) is 16.8 Å². The number of hydrogen-bond acceptors (Lipinski definition) is 3. The summed E-state index contributed by atoms with van der Waals surface area (Å²) >= 11 is 6.20. The van der Waals surface area contributed by atoms with Crippen LogP contribution in [-0.4, -0.2) is 4.98 Å². The minimum absolute atomic E-state index is 0.346. The highest BCUT2D eigenvalue weighted by atomic mass is 35.5. The lowest BCUT2D eigenvalue weighted by Gasteiger charge is -1.93. The normalized spacial score (nSPS) is 10.9. The molecule has 0 amide bonds. The van der Waals surface area contributed by atoms with Crippen LogP contribution in [0.3, 0.4) is 0 Å². The molecule has 5 heteroatoms. The van der Waals surface area contributed by atoms with E-state index in [2.05, 4.69) is 4.98 Å². The molecule has 0 unspecified atom stereocenters. The number of aromatic nitrogens is 1. The molecule has 2 aromatic rings. The van der Waals surface area contributed by atoms with Crippen molar-refractivity contribution < 1.29 is 8.63 Å². The molecule has 0 aliphatic carbocycles. The van der Waals surface area contributed by atoms with Gasteiger partial charge in [0.25, 0.3) is 5.75 Å². The summed E-state index contributed by atoms with van der Waals surface area (Å²) in [5, 5.41) is 0. The third-order valence-corrected chi connectivity index (χ3v) is 3.06. The first-order valence-corrected chi connectivity index (χ1v) is 6.78. The summed E-state index contributed by atoms with van der Waals surface area (Å²) in [6.45, 7) is 0. The van der Waals surface area contributed by atoms with E-state index in [0.29, 0.717) is 29.2 Å². The fourth-order valence-electron chi connectivity index (χ4n) is 1.42. The predicted octanol–water partition coefficient (Wildman–Crippen LogP) is 3.51. The smallest absolute Gasteiger partial charge is 0.445 e. The average Bonchev–Trinajstić information content (AvgIpc) is 2.86. The van der Waals surface area contributed by atoms with Gasteiger partial charge in [0.05, 0.1) is 11.6 Å². The molecule has 92 valence electrons. The molecule has 3 nitrogen and oxygen atoms in total. The Hall–Kier alpha value is -1.52. The Morgan fingerprint density at radius 3 is 2.67 bits per heavy atom. The number of rotatable bonds is 5. The van der Waals surface area contributed by atoms with E-state index < -0.39 is 0 Å². The van der Waals surface area contributed by atoms with Crippen LogP contribution in [0.15, 0.2) is 34.9 Å². The van der Waals surface area contributed by atoms with Gasteiger partial charge in [-0.25, -0.2) is 4.98 Å². The zero-order valence-electron chi connectivity index (χ0n) is 9.51. The van der Waals surface area contributed by atoms with Crippen LogP contribution < -0.4 is 0 Å². The van der Waals surface area contributed by atoms with Gasteiger partial charge in [-0.1, -0.05) is 24.3 Å². The summed E-state index contributed by atoms with van der Waals surface area (Å²) < 4.78 is 15.6. The van der Waals surface area contributed by atoms with Gasteiger partial charge in [0, 0.05) is 15.8 Å². The Labute approximate surface area is 114 Å². The molecule has 0 aliphatic heterocycles. The summed E-state index contributed by atoms with van der Waals surface area (Å²) in [6.07, 6.45) is 5.23. The van der Waals surface area contributed by atoms with E-state index in [1.54, 1.807) is 12.3 Å².